The maximum atomic E-state index is 13.4. The van der Waals surface area contributed by atoms with Crippen LogP contribution in [0.5, 0.6) is 11.5 Å². The number of hydrogen-bond donors (Lipinski definition) is 1. The SMILES string of the molecule is O=S(=O)(N[C@@H](c1nc2cccnc2s1)c1ccccc1Cl)c1ccc2c(c1)OCCCO2. The first-order valence-corrected chi connectivity index (χ1v) is 12.6. The van der Waals surface area contributed by atoms with Gasteiger partial charge in [0.25, 0.3) is 0 Å². The molecule has 0 spiro atoms. The summed E-state index contributed by atoms with van der Waals surface area (Å²) >= 11 is 7.76. The van der Waals surface area contributed by atoms with E-state index >= 15 is 0 Å². The Balaban J connectivity index is 1.56. The number of aromatic nitrogens is 2. The van der Waals surface area contributed by atoms with Crippen LogP contribution < -0.4 is 14.2 Å². The predicted molar refractivity (Wildman–Crippen MR) is 123 cm³/mol. The second-order valence-electron chi connectivity index (χ2n) is 7.11. The number of halogens is 1. The summed E-state index contributed by atoms with van der Waals surface area (Å²) in [7, 11) is -3.95. The van der Waals surface area contributed by atoms with Gasteiger partial charge in [-0.2, -0.15) is 4.72 Å². The molecule has 0 radical (unpaired) electrons. The zero-order valence-electron chi connectivity index (χ0n) is 16.7. The highest BCUT2D eigenvalue weighted by Gasteiger charge is 2.28. The normalized spacial score (nSPS) is 14.8. The number of ether oxygens (including phenoxy) is 2. The Labute approximate surface area is 194 Å². The number of nitrogens with one attached hydrogen (secondary N) is 1. The maximum Gasteiger partial charge on any atom is 0.241 e. The van der Waals surface area contributed by atoms with Crippen LogP contribution in [0.3, 0.4) is 0 Å². The second kappa shape index (κ2) is 8.67. The first-order chi connectivity index (χ1) is 15.5. The van der Waals surface area contributed by atoms with Crippen LogP contribution in [0, 0.1) is 0 Å². The summed E-state index contributed by atoms with van der Waals surface area (Å²) in [5.74, 6) is 0.935. The molecule has 2 aromatic heterocycles. The molecule has 1 aliphatic rings. The molecule has 5 rings (SSSR count). The third kappa shape index (κ3) is 4.16. The third-order valence-corrected chi connectivity index (χ3v) is 7.76. The van der Waals surface area contributed by atoms with Crippen LogP contribution in [-0.2, 0) is 10.0 Å². The van der Waals surface area contributed by atoms with Gasteiger partial charge in [0.1, 0.15) is 21.4 Å². The minimum Gasteiger partial charge on any atom is -0.490 e. The van der Waals surface area contributed by atoms with Crippen LogP contribution in [-0.4, -0.2) is 31.6 Å². The van der Waals surface area contributed by atoms with Crippen LogP contribution in [0.4, 0.5) is 0 Å². The predicted octanol–water partition coefficient (Wildman–Crippen LogP) is 4.57. The number of nitrogens with zero attached hydrogens (tertiary/aromatic N) is 2. The van der Waals surface area contributed by atoms with Crippen LogP contribution in [0.25, 0.3) is 10.3 Å². The van der Waals surface area contributed by atoms with Crippen molar-refractivity contribution < 1.29 is 17.9 Å². The molecule has 10 heteroatoms. The Kier molecular flexibility index (Phi) is 5.73. The van der Waals surface area contributed by atoms with Crippen molar-refractivity contribution >= 4 is 43.3 Å². The number of pyridine rings is 1. The van der Waals surface area contributed by atoms with Gasteiger partial charge >= 0.3 is 0 Å². The third-order valence-electron chi connectivity index (χ3n) is 4.95. The summed E-state index contributed by atoms with van der Waals surface area (Å²) in [6.07, 6.45) is 2.41. The summed E-state index contributed by atoms with van der Waals surface area (Å²) in [5, 5.41) is 0.982. The van der Waals surface area contributed by atoms with Crippen molar-refractivity contribution in [1.29, 1.82) is 0 Å². The van der Waals surface area contributed by atoms with E-state index in [1.54, 1.807) is 36.5 Å². The minimum atomic E-state index is -3.95. The molecular formula is C22H18ClN3O4S2. The summed E-state index contributed by atoms with van der Waals surface area (Å²) in [6, 6.07) is 14.5. The molecule has 0 amide bonds. The number of fused-ring (bicyclic) bond motifs is 2. The molecule has 2 aromatic carbocycles. The van der Waals surface area contributed by atoms with Crippen molar-refractivity contribution in [3.63, 3.8) is 0 Å². The molecule has 0 saturated heterocycles. The van der Waals surface area contributed by atoms with E-state index in [1.807, 2.05) is 12.1 Å². The van der Waals surface area contributed by atoms with E-state index < -0.39 is 16.1 Å². The zero-order valence-corrected chi connectivity index (χ0v) is 19.1. The van der Waals surface area contributed by atoms with Crippen molar-refractivity contribution in [2.24, 2.45) is 0 Å². The van der Waals surface area contributed by atoms with Crippen molar-refractivity contribution in [3.8, 4) is 11.5 Å². The van der Waals surface area contributed by atoms with Gasteiger partial charge in [0, 0.05) is 23.7 Å². The maximum absolute atomic E-state index is 13.4. The first kappa shape index (κ1) is 21.1. The largest absolute Gasteiger partial charge is 0.490 e. The fraction of sp³-hybridized carbons (Fsp3) is 0.182. The summed E-state index contributed by atoms with van der Waals surface area (Å²) in [4.78, 5) is 9.73. The van der Waals surface area contributed by atoms with Crippen molar-refractivity contribution in [3.05, 3.63) is 76.4 Å². The molecule has 7 nitrogen and oxygen atoms in total. The van der Waals surface area contributed by atoms with Gasteiger partial charge in [0.15, 0.2) is 11.5 Å². The Hall–Kier alpha value is -2.72. The molecule has 1 N–H and O–H groups in total. The van der Waals surface area contributed by atoms with Gasteiger partial charge in [-0.3, -0.25) is 0 Å². The first-order valence-electron chi connectivity index (χ1n) is 9.89. The van der Waals surface area contributed by atoms with Crippen LogP contribution in [0.2, 0.25) is 5.02 Å². The highest BCUT2D eigenvalue weighted by atomic mass is 35.5. The lowest BCUT2D eigenvalue weighted by Crippen LogP contribution is -2.29. The summed E-state index contributed by atoms with van der Waals surface area (Å²) in [6.45, 7) is 0.989. The topological polar surface area (TPSA) is 90.4 Å². The van der Waals surface area contributed by atoms with E-state index in [2.05, 4.69) is 14.7 Å². The smallest absolute Gasteiger partial charge is 0.241 e. The van der Waals surface area contributed by atoms with E-state index in [4.69, 9.17) is 21.1 Å². The number of rotatable bonds is 5. The quantitative estimate of drug-likeness (QED) is 0.443. The van der Waals surface area contributed by atoms with Crippen LogP contribution >= 0.6 is 22.9 Å². The summed E-state index contributed by atoms with van der Waals surface area (Å²) in [5.41, 5.74) is 1.30. The molecule has 3 heterocycles. The lowest BCUT2D eigenvalue weighted by molar-refractivity contribution is 0.297. The fourth-order valence-electron chi connectivity index (χ4n) is 3.40. The average Bonchev–Trinajstić information content (AvgIpc) is 3.08. The molecule has 0 aliphatic carbocycles. The molecule has 164 valence electrons. The molecular weight excluding hydrogens is 470 g/mol. The highest BCUT2D eigenvalue weighted by molar-refractivity contribution is 7.89. The van der Waals surface area contributed by atoms with E-state index in [9.17, 15) is 8.42 Å². The molecule has 4 aromatic rings. The number of hydrogen-bond acceptors (Lipinski definition) is 7. The monoisotopic (exact) mass is 487 g/mol. The number of thiazole rings is 1. The van der Waals surface area contributed by atoms with Gasteiger partial charge in [0.05, 0.1) is 18.1 Å². The van der Waals surface area contributed by atoms with Gasteiger partial charge in [-0.05, 0) is 35.9 Å². The van der Waals surface area contributed by atoms with Gasteiger partial charge in [-0.25, -0.2) is 18.4 Å². The molecule has 1 aliphatic heterocycles. The number of benzene rings is 2. The van der Waals surface area contributed by atoms with Gasteiger partial charge in [-0.15, -0.1) is 0 Å². The van der Waals surface area contributed by atoms with Crippen LogP contribution in [0.1, 0.15) is 23.0 Å². The molecule has 0 fully saturated rings. The zero-order chi connectivity index (χ0) is 22.1. The van der Waals surface area contributed by atoms with E-state index in [0.717, 1.165) is 6.42 Å². The molecule has 32 heavy (non-hydrogen) atoms. The molecule has 1 atom stereocenters. The van der Waals surface area contributed by atoms with Crippen molar-refractivity contribution in [2.75, 3.05) is 13.2 Å². The lowest BCUT2D eigenvalue weighted by atomic mass is 10.1. The molecule has 0 unspecified atom stereocenters. The second-order valence-corrected chi connectivity index (χ2v) is 10.2. The average molecular weight is 488 g/mol. The molecule has 0 bridgehead atoms. The Morgan fingerprint density at radius 2 is 1.84 bits per heavy atom. The van der Waals surface area contributed by atoms with Crippen molar-refractivity contribution in [1.82, 2.24) is 14.7 Å². The molecule has 0 saturated carbocycles. The lowest BCUT2D eigenvalue weighted by Gasteiger charge is -2.19. The van der Waals surface area contributed by atoms with Gasteiger partial charge in [0.2, 0.25) is 10.0 Å². The fourth-order valence-corrected chi connectivity index (χ4v) is 5.89. The Morgan fingerprint density at radius 3 is 2.66 bits per heavy atom. The standard InChI is InChI=1S/C22H18ClN3O4S2/c23-16-6-2-1-5-15(16)20(22-25-17-7-3-10-24-21(17)31-22)26-32(27,28)14-8-9-18-19(13-14)30-12-4-11-29-18/h1-3,5-10,13,20,26H,4,11-12H2/t20-/m1/s1. The Morgan fingerprint density at radius 1 is 1.03 bits per heavy atom. The van der Waals surface area contributed by atoms with Crippen molar-refractivity contribution in [2.45, 2.75) is 17.4 Å². The minimum absolute atomic E-state index is 0.0676. The van der Waals surface area contributed by atoms with E-state index in [1.165, 1.54) is 23.5 Å². The van der Waals surface area contributed by atoms with E-state index in [-0.39, 0.29) is 4.90 Å². The highest BCUT2D eigenvalue weighted by Crippen LogP contribution is 2.36. The van der Waals surface area contributed by atoms with Gasteiger partial charge < -0.3 is 9.47 Å². The van der Waals surface area contributed by atoms with E-state index in [0.29, 0.717) is 50.7 Å². The Bertz CT molecular complexity index is 1360. The van der Waals surface area contributed by atoms with Gasteiger partial charge in [-0.1, -0.05) is 41.1 Å². The number of sulfonamides is 1. The summed E-state index contributed by atoms with van der Waals surface area (Å²) < 4.78 is 40.8. The van der Waals surface area contributed by atoms with Crippen LogP contribution in [0.15, 0.2) is 65.7 Å².